The van der Waals surface area contributed by atoms with Gasteiger partial charge in [-0.2, -0.15) is 0 Å². The Morgan fingerprint density at radius 1 is 1.44 bits per heavy atom. The SMILES string of the molecule is CNC(=O)C/N=C\C=C(/C)NCCN(C)C. The molecule has 2 N–H and O–H groups in total. The first-order chi connectivity index (χ1) is 7.56. The number of amides is 1. The van der Waals surface area contributed by atoms with Gasteiger partial charge in [0.15, 0.2) is 0 Å². The molecule has 92 valence electrons. The molecule has 0 atom stereocenters. The fourth-order valence-corrected chi connectivity index (χ4v) is 0.915. The third-order valence-corrected chi connectivity index (χ3v) is 1.91. The van der Waals surface area contributed by atoms with Gasteiger partial charge in [0.05, 0.1) is 0 Å². The van der Waals surface area contributed by atoms with E-state index in [-0.39, 0.29) is 12.5 Å². The van der Waals surface area contributed by atoms with Crippen LogP contribution in [0.3, 0.4) is 0 Å². The molecule has 0 radical (unpaired) electrons. The van der Waals surface area contributed by atoms with Gasteiger partial charge in [-0.25, -0.2) is 0 Å². The van der Waals surface area contributed by atoms with Crippen LogP contribution in [0.1, 0.15) is 6.92 Å². The molecule has 5 heteroatoms. The highest BCUT2D eigenvalue weighted by Crippen LogP contribution is 1.84. The molecule has 16 heavy (non-hydrogen) atoms. The molecule has 0 aliphatic heterocycles. The van der Waals surface area contributed by atoms with E-state index in [0.29, 0.717) is 0 Å². The number of hydrogen-bond donors (Lipinski definition) is 2. The lowest BCUT2D eigenvalue weighted by Crippen LogP contribution is -2.25. The monoisotopic (exact) mass is 226 g/mol. The molecule has 0 saturated heterocycles. The van der Waals surface area contributed by atoms with Crippen LogP contribution in [0, 0.1) is 0 Å². The maximum Gasteiger partial charge on any atom is 0.241 e. The molecule has 1 amide bonds. The van der Waals surface area contributed by atoms with Gasteiger partial charge in [0.1, 0.15) is 6.54 Å². The Bertz CT molecular complexity index is 259. The summed E-state index contributed by atoms with van der Waals surface area (Å²) in [5, 5.41) is 5.75. The summed E-state index contributed by atoms with van der Waals surface area (Å²) >= 11 is 0. The highest BCUT2D eigenvalue weighted by atomic mass is 16.1. The van der Waals surface area contributed by atoms with E-state index in [0.717, 1.165) is 18.8 Å². The lowest BCUT2D eigenvalue weighted by molar-refractivity contribution is -0.119. The van der Waals surface area contributed by atoms with E-state index in [2.05, 4.69) is 20.5 Å². The molecule has 0 spiro atoms. The molecule has 0 unspecified atom stereocenters. The zero-order chi connectivity index (χ0) is 12.4. The Hall–Kier alpha value is -1.36. The van der Waals surface area contributed by atoms with Gasteiger partial charge < -0.3 is 15.5 Å². The van der Waals surface area contributed by atoms with E-state index in [4.69, 9.17) is 0 Å². The minimum Gasteiger partial charge on any atom is -0.387 e. The van der Waals surface area contributed by atoms with Crippen LogP contribution >= 0.6 is 0 Å². The van der Waals surface area contributed by atoms with Crippen LogP contribution in [-0.4, -0.2) is 57.8 Å². The van der Waals surface area contributed by atoms with E-state index in [1.165, 1.54) is 0 Å². The summed E-state index contributed by atoms with van der Waals surface area (Å²) in [4.78, 5) is 16.9. The van der Waals surface area contributed by atoms with Crippen molar-refractivity contribution >= 4 is 12.1 Å². The Balaban J connectivity index is 3.73. The number of allylic oxidation sites excluding steroid dienone is 2. The van der Waals surface area contributed by atoms with Crippen LogP contribution in [0.2, 0.25) is 0 Å². The molecule has 0 rings (SSSR count). The van der Waals surface area contributed by atoms with Crippen molar-refractivity contribution in [2.45, 2.75) is 6.92 Å². The summed E-state index contributed by atoms with van der Waals surface area (Å²) in [7, 11) is 5.67. The number of rotatable bonds is 7. The smallest absolute Gasteiger partial charge is 0.241 e. The van der Waals surface area contributed by atoms with Gasteiger partial charge in [0.2, 0.25) is 5.91 Å². The maximum atomic E-state index is 10.8. The fourth-order valence-electron chi connectivity index (χ4n) is 0.915. The van der Waals surface area contributed by atoms with Crippen LogP contribution in [-0.2, 0) is 4.79 Å². The summed E-state index contributed by atoms with van der Waals surface area (Å²) in [6, 6.07) is 0. The Morgan fingerprint density at radius 2 is 2.12 bits per heavy atom. The van der Waals surface area contributed by atoms with E-state index >= 15 is 0 Å². The molecule has 0 heterocycles. The van der Waals surface area contributed by atoms with Crippen molar-refractivity contribution in [2.75, 3.05) is 40.8 Å². The summed E-state index contributed by atoms with van der Waals surface area (Å²) < 4.78 is 0. The highest BCUT2D eigenvalue weighted by Gasteiger charge is 1.91. The Kier molecular flexibility index (Phi) is 8.15. The summed E-state index contributed by atoms with van der Waals surface area (Å²) in [5.41, 5.74) is 1.04. The molecular weight excluding hydrogens is 204 g/mol. The molecule has 5 nitrogen and oxygen atoms in total. The average Bonchev–Trinajstić information content (AvgIpc) is 2.23. The van der Waals surface area contributed by atoms with Crippen molar-refractivity contribution in [1.82, 2.24) is 15.5 Å². The van der Waals surface area contributed by atoms with Gasteiger partial charge >= 0.3 is 0 Å². The minimum absolute atomic E-state index is 0.0807. The van der Waals surface area contributed by atoms with E-state index in [1.54, 1.807) is 13.3 Å². The van der Waals surface area contributed by atoms with Gasteiger partial charge in [0.25, 0.3) is 0 Å². The molecular formula is C11H22N4O. The van der Waals surface area contributed by atoms with Crippen molar-refractivity contribution < 1.29 is 4.79 Å². The van der Waals surface area contributed by atoms with Crippen LogP contribution in [0.5, 0.6) is 0 Å². The molecule has 0 aromatic carbocycles. The molecule has 0 aromatic heterocycles. The van der Waals surface area contributed by atoms with Crippen LogP contribution in [0.25, 0.3) is 0 Å². The zero-order valence-corrected chi connectivity index (χ0v) is 10.6. The van der Waals surface area contributed by atoms with Gasteiger partial charge in [-0.3, -0.25) is 9.79 Å². The second-order valence-corrected chi connectivity index (χ2v) is 3.74. The summed E-state index contributed by atoms with van der Waals surface area (Å²) in [5.74, 6) is -0.0807. The standard InChI is InChI=1S/C11H22N4O/c1-10(14-7-8-15(3)4)5-6-13-9-11(16)12-2/h5-6,14H,7-9H2,1-4H3,(H,12,16)/b10-5+,13-6-. The third kappa shape index (κ3) is 9.21. The first-order valence-corrected chi connectivity index (χ1v) is 5.32. The van der Waals surface area contributed by atoms with Gasteiger partial charge in [-0.05, 0) is 27.1 Å². The molecule has 0 bridgehead atoms. The van der Waals surface area contributed by atoms with Crippen molar-refractivity contribution in [1.29, 1.82) is 0 Å². The maximum absolute atomic E-state index is 10.8. The number of nitrogens with zero attached hydrogens (tertiary/aromatic N) is 2. The second kappa shape index (κ2) is 8.91. The van der Waals surface area contributed by atoms with E-state index in [1.807, 2.05) is 27.1 Å². The quantitative estimate of drug-likeness (QED) is 0.594. The highest BCUT2D eigenvalue weighted by molar-refractivity contribution is 5.81. The summed E-state index contributed by atoms with van der Waals surface area (Å²) in [6.45, 7) is 4.04. The number of aliphatic imine (C=N–C) groups is 1. The number of likely N-dealkylation sites (N-methyl/N-ethyl adjacent to an activating group) is 2. The normalized spacial score (nSPS) is 12.2. The molecule has 0 aromatic rings. The van der Waals surface area contributed by atoms with Crippen molar-refractivity contribution in [3.63, 3.8) is 0 Å². The van der Waals surface area contributed by atoms with Gasteiger partial charge in [0, 0.05) is 32.0 Å². The van der Waals surface area contributed by atoms with Crippen molar-refractivity contribution in [3.8, 4) is 0 Å². The third-order valence-electron chi connectivity index (χ3n) is 1.91. The van der Waals surface area contributed by atoms with E-state index < -0.39 is 0 Å². The molecule has 0 saturated carbocycles. The number of hydrogen-bond acceptors (Lipinski definition) is 4. The fraction of sp³-hybridized carbons (Fsp3) is 0.636. The topological polar surface area (TPSA) is 56.7 Å². The number of carbonyl (C=O) groups excluding carboxylic acids is 1. The predicted octanol–water partition coefficient (Wildman–Crippen LogP) is -0.142. The van der Waals surface area contributed by atoms with Gasteiger partial charge in [-0.1, -0.05) is 0 Å². The second-order valence-electron chi connectivity index (χ2n) is 3.74. The minimum atomic E-state index is -0.0807. The van der Waals surface area contributed by atoms with Crippen molar-refractivity contribution in [2.24, 2.45) is 4.99 Å². The van der Waals surface area contributed by atoms with Crippen LogP contribution in [0.15, 0.2) is 16.8 Å². The van der Waals surface area contributed by atoms with Crippen LogP contribution < -0.4 is 10.6 Å². The van der Waals surface area contributed by atoms with Gasteiger partial charge in [-0.15, -0.1) is 0 Å². The first kappa shape index (κ1) is 14.6. The van der Waals surface area contributed by atoms with Crippen LogP contribution in [0.4, 0.5) is 0 Å². The predicted molar refractivity (Wildman–Crippen MR) is 67.7 cm³/mol. The number of carbonyl (C=O) groups is 1. The average molecular weight is 226 g/mol. The molecule has 0 aliphatic rings. The van der Waals surface area contributed by atoms with E-state index in [9.17, 15) is 4.79 Å². The largest absolute Gasteiger partial charge is 0.387 e. The first-order valence-electron chi connectivity index (χ1n) is 5.32. The van der Waals surface area contributed by atoms with Crippen molar-refractivity contribution in [3.05, 3.63) is 11.8 Å². The number of nitrogens with one attached hydrogen (secondary N) is 2. The summed E-state index contributed by atoms with van der Waals surface area (Å²) in [6.07, 6.45) is 3.51. The zero-order valence-electron chi connectivity index (χ0n) is 10.6. The molecule has 0 aliphatic carbocycles. The molecule has 0 fully saturated rings. The Labute approximate surface area is 97.6 Å². The lowest BCUT2D eigenvalue weighted by atomic mass is 10.4. The lowest BCUT2D eigenvalue weighted by Gasteiger charge is -2.10. The Morgan fingerprint density at radius 3 is 2.69 bits per heavy atom.